The largest absolute Gasteiger partial charge is 0.452 e. The van der Waals surface area contributed by atoms with Crippen molar-refractivity contribution in [3.05, 3.63) is 53.7 Å². The molecule has 136 valence electrons. The number of pyridine rings is 1. The maximum absolute atomic E-state index is 12.4. The first-order chi connectivity index (χ1) is 12.7. The van der Waals surface area contributed by atoms with Gasteiger partial charge in [-0.1, -0.05) is 19.1 Å². The number of amides is 1. The number of anilines is 2. The highest BCUT2D eigenvalue weighted by Crippen LogP contribution is 2.22. The molecular formula is C20H23N3O3. The smallest absolute Gasteiger partial charge is 0.342 e. The molecule has 0 spiro atoms. The van der Waals surface area contributed by atoms with Crippen LogP contribution in [0.15, 0.2) is 42.6 Å². The molecule has 6 nitrogen and oxygen atoms in total. The minimum absolute atomic E-state index is 0.330. The molecule has 6 heteroatoms. The molecule has 1 aliphatic heterocycles. The van der Waals surface area contributed by atoms with Crippen LogP contribution in [0.1, 0.15) is 35.7 Å². The van der Waals surface area contributed by atoms with Crippen molar-refractivity contribution in [1.82, 2.24) is 4.98 Å². The number of carbonyl (C=O) groups excluding carboxylic acids is 2. The summed E-state index contributed by atoms with van der Waals surface area (Å²) in [6.45, 7) is 3.48. The molecular weight excluding hydrogens is 330 g/mol. The van der Waals surface area contributed by atoms with E-state index in [1.807, 2.05) is 24.3 Å². The second kappa shape index (κ2) is 8.47. The third-order valence-electron chi connectivity index (χ3n) is 4.37. The quantitative estimate of drug-likeness (QED) is 0.808. The Morgan fingerprint density at radius 2 is 2.00 bits per heavy atom. The van der Waals surface area contributed by atoms with Gasteiger partial charge >= 0.3 is 5.97 Å². The summed E-state index contributed by atoms with van der Waals surface area (Å²) >= 11 is 0. The summed E-state index contributed by atoms with van der Waals surface area (Å²) in [5, 5.41) is 2.75. The van der Waals surface area contributed by atoms with E-state index in [9.17, 15) is 9.59 Å². The van der Waals surface area contributed by atoms with E-state index in [0.29, 0.717) is 17.1 Å². The van der Waals surface area contributed by atoms with Gasteiger partial charge in [0.1, 0.15) is 11.4 Å². The third-order valence-corrected chi connectivity index (χ3v) is 4.37. The fourth-order valence-corrected chi connectivity index (χ4v) is 3.01. The first-order valence-electron chi connectivity index (χ1n) is 8.93. The van der Waals surface area contributed by atoms with Gasteiger partial charge in [-0.3, -0.25) is 4.79 Å². The topological polar surface area (TPSA) is 71.5 Å². The van der Waals surface area contributed by atoms with Crippen LogP contribution in [0, 0.1) is 0 Å². The highest BCUT2D eigenvalue weighted by Gasteiger charge is 2.22. The third kappa shape index (κ3) is 4.39. The molecule has 0 aliphatic carbocycles. The maximum atomic E-state index is 12.4. The van der Waals surface area contributed by atoms with Gasteiger partial charge < -0.3 is 15.0 Å². The summed E-state index contributed by atoms with van der Waals surface area (Å²) in [5.41, 5.74) is 2.23. The van der Waals surface area contributed by atoms with E-state index >= 15 is 0 Å². The summed E-state index contributed by atoms with van der Waals surface area (Å²) in [6, 6.07) is 11.0. The minimum Gasteiger partial charge on any atom is -0.452 e. The summed E-state index contributed by atoms with van der Waals surface area (Å²) in [7, 11) is 0. The molecule has 2 aromatic rings. The molecule has 1 aromatic carbocycles. The SMILES string of the molecule is CCc1cccc(NC(=O)COC(=O)c2cccnc2N2CCCC2)c1. The number of nitrogens with zero attached hydrogens (tertiary/aromatic N) is 2. The number of benzene rings is 1. The normalized spacial score (nSPS) is 13.5. The number of esters is 1. The fraction of sp³-hybridized carbons (Fsp3) is 0.350. The van der Waals surface area contributed by atoms with Gasteiger partial charge in [0.25, 0.3) is 5.91 Å². The van der Waals surface area contributed by atoms with Gasteiger partial charge in [0, 0.05) is 25.0 Å². The molecule has 1 aromatic heterocycles. The maximum Gasteiger partial charge on any atom is 0.342 e. The Balaban J connectivity index is 1.59. The van der Waals surface area contributed by atoms with Gasteiger partial charge in [-0.15, -0.1) is 0 Å². The lowest BCUT2D eigenvalue weighted by Crippen LogP contribution is -2.24. The molecule has 1 N–H and O–H groups in total. The van der Waals surface area contributed by atoms with Crippen molar-refractivity contribution in [1.29, 1.82) is 0 Å². The van der Waals surface area contributed by atoms with Gasteiger partial charge in [-0.05, 0) is 49.1 Å². The Kier molecular flexibility index (Phi) is 5.84. The molecule has 0 saturated carbocycles. The molecule has 3 rings (SSSR count). The molecule has 0 atom stereocenters. The lowest BCUT2D eigenvalue weighted by atomic mass is 10.1. The molecule has 1 fully saturated rings. The van der Waals surface area contributed by atoms with E-state index in [4.69, 9.17) is 4.74 Å². The zero-order chi connectivity index (χ0) is 18.4. The molecule has 2 heterocycles. The summed E-state index contributed by atoms with van der Waals surface area (Å²) in [6.07, 6.45) is 4.73. The molecule has 1 aliphatic rings. The lowest BCUT2D eigenvalue weighted by molar-refractivity contribution is -0.119. The van der Waals surface area contributed by atoms with Crippen LogP contribution in [0.4, 0.5) is 11.5 Å². The zero-order valence-corrected chi connectivity index (χ0v) is 14.9. The van der Waals surface area contributed by atoms with Crippen molar-refractivity contribution in [2.24, 2.45) is 0 Å². The predicted octanol–water partition coefficient (Wildman–Crippen LogP) is 3.04. The Labute approximate surface area is 153 Å². The number of hydrogen-bond donors (Lipinski definition) is 1. The van der Waals surface area contributed by atoms with E-state index < -0.39 is 5.97 Å². The Morgan fingerprint density at radius 1 is 1.19 bits per heavy atom. The van der Waals surface area contributed by atoms with Crippen molar-refractivity contribution >= 4 is 23.4 Å². The van der Waals surface area contributed by atoms with Crippen LogP contribution in [0.5, 0.6) is 0 Å². The highest BCUT2D eigenvalue weighted by molar-refractivity contribution is 5.98. The van der Waals surface area contributed by atoms with Crippen LogP contribution < -0.4 is 10.2 Å². The van der Waals surface area contributed by atoms with E-state index in [1.54, 1.807) is 18.3 Å². The molecule has 1 amide bonds. The van der Waals surface area contributed by atoms with E-state index in [1.165, 1.54) is 0 Å². The standard InChI is InChI=1S/C20H23N3O3/c1-2-15-7-5-8-16(13-15)22-18(24)14-26-20(25)17-9-6-10-21-19(17)23-11-3-4-12-23/h5-10,13H,2-4,11-12,14H2,1H3,(H,22,24). The lowest BCUT2D eigenvalue weighted by Gasteiger charge is -2.18. The fourth-order valence-electron chi connectivity index (χ4n) is 3.01. The number of ether oxygens (including phenoxy) is 1. The van der Waals surface area contributed by atoms with Crippen LogP contribution in [-0.4, -0.2) is 36.6 Å². The van der Waals surface area contributed by atoms with Crippen LogP contribution in [0.3, 0.4) is 0 Å². The van der Waals surface area contributed by atoms with Crippen LogP contribution >= 0.6 is 0 Å². The number of aromatic nitrogens is 1. The number of nitrogens with one attached hydrogen (secondary N) is 1. The van der Waals surface area contributed by atoms with Crippen LogP contribution in [-0.2, 0) is 16.0 Å². The first kappa shape index (κ1) is 17.9. The Morgan fingerprint density at radius 3 is 2.77 bits per heavy atom. The predicted molar refractivity (Wildman–Crippen MR) is 100 cm³/mol. The number of aryl methyl sites for hydroxylation is 1. The number of hydrogen-bond acceptors (Lipinski definition) is 5. The van der Waals surface area contributed by atoms with Crippen molar-refractivity contribution in [3.8, 4) is 0 Å². The highest BCUT2D eigenvalue weighted by atomic mass is 16.5. The first-order valence-corrected chi connectivity index (χ1v) is 8.93. The van der Waals surface area contributed by atoms with Crippen molar-refractivity contribution in [2.45, 2.75) is 26.2 Å². The average Bonchev–Trinajstić information content (AvgIpc) is 3.21. The van der Waals surface area contributed by atoms with Crippen LogP contribution in [0.2, 0.25) is 0 Å². The van der Waals surface area contributed by atoms with E-state index in [2.05, 4.69) is 22.1 Å². The van der Waals surface area contributed by atoms with Gasteiger partial charge in [-0.2, -0.15) is 0 Å². The average molecular weight is 353 g/mol. The molecule has 0 bridgehead atoms. The second-order valence-corrected chi connectivity index (χ2v) is 6.25. The van der Waals surface area contributed by atoms with E-state index in [-0.39, 0.29) is 12.5 Å². The minimum atomic E-state index is -0.530. The molecule has 0 radical (unpaired) electrons. The molecule has 26 heavy (non-hydrogen) atoms. The second-order valence-electron chi connectivity index (χ2n) is 6.25. The molecule has 0 unspecified atom stereocenters. The molecule has 1 saturated heterocycles. The monoisotopic (exact) mass is 353 g/mol. The van der Waals surface area contributed by atoms with E-state index in [0.717, 1.165) is 37.9 Å². The number of rotatable bonds is 6. The Bertz CT molecular complexity index is 785. The number of carbonyl (C=O) groups is 2. The van der Waals surface area contributed by atoms with Crippen molar-refractivity contribution < 1.29 is 14.3 Å². The Hall–Kier alpha value is -2.89. The summed E-state index contributed by atoms with van der Waals surface area (Å²) < 4.78 is 5.20. The van der Waals surface area contributed by atoms with Crippen molar-refractivity contribution in [3.63, 3.8) is 0 Å². The van der Waals surface area contributed by atoms with Gasteiger partial charge in [0.15, 0.2) is 6.61 Å². The van der Waals surface area contributed by atoms with Gasteiger partial charge in [-0.25, -0.2) is 9.78 Å². The van der Waals surface area contributed by atoms with Gasteiger partial charge in [0.05, 0.1) is 0 Å². The van der Waals surface area contributed by atoms with Crippen molar-refractivity contribution in [2.75, 3.05) is 29.9 Å². The zero-order valence-electron chi connectivity index (χ0n) is 14.9. The van der Waals surface area contributed by atoms with Crippen LogP contribution in [0.25, 0.3) is 0 Å². The summed E-state index contributed by atoms with van der Waals surface area (Å²) in [4.78, 5) is 30.9. The summed E-state index contributed by atoms with van der Waals surface area (Å²) in [5.74, 6) is -0.262. The van der Waals surface area contributed by atoms with Gasteiger partial charge in [0.2, 0.25) is 0 Å².